The zero-order valence-corrected chi connectivity index (χ0v) is 10.9. The summed E-state index contributed by atoms with van der Waals surface area (Å²) in [5, 5.41) is 2.94. The van der Waals surface area contributed by atoms with E-state index in [1.807, 2.05) is 18.2 Å². The lowest BCUT2D eigenvalue weighted by Gasteiger charge is -2.28. The predicted octanol–water partition coefficient (Wildman–Crippen LogP) is 1.43. The second-order valence-corrected chi connectivity index (χ2v) is 5.05. The number of hydrogen-bond donors (Lipinski definition) is 1. The van der Waals surface area contributed by atoms with Crippen molar-refractivity contribution in [1.82, 2.24) is 15.2 Å². The molecule has 1 aromatic heterocycles. The lowest BCUT2D eigenvalue weighted by molar-refractivity contribution is -0.122. The Bertz CT molecular complexity index is 372. The van der Waals surface area contributed by atoms with Crippen LogP contribution in [0.3, 0.4) is 0 Å². The molecule has 4 nitrogen and oxygen atoms in total. The van der Waals surface area contributed by atoms with Gasteiger partial charge in [0.1, 0.15) is 0 Å². The normalized spacial score (nSPS) is 17.6. The van der Waals surface area contributed by atoms with Gasteiger partial charge < -0.3 is 10.2 Å². The molecule has 1 N–H and O–H groups in total. The molecule has 1 saturated heterocycles. The SMILES string of the molecule is CN1CCC(CC(=O)NCc2ccccn2)CC1. The van der Waals surface area contributed by atoms with E-state index in [0.717, 1.165) is 31.6 Å². The predicted molar refractivity (Wildman–Crippen MR) is 70.9 cm³/mol. The molecule has 1 aromatic rings. The summed E-state index contributed by atoms with van der Waals surface area (Å²) in [7, 11) is 2.14. The number of rotatable bonds is 4. The Labute approximate surface area is 108 Å². The van der Waals surface area contributed by atoms with Crippen molar-refractivity contribution in [2.45, 2.75) is 25.8 Å². The Morgan fingerprint density at radius 3 is 2.89 bits per heavy atom. The Balaban J connectivity index is 1.69. The molecule has 0 bridgehead atoms. The molecule has 4 heteroatoms. The monoisotopic (exact) mass is 247 g/mol. The van der Waals surface area contributed by atoms with Crippen LogP contribution in [0.25, 0.3) is 0 Å². The largest absolute Gasteiger partial charge is 0.350 e. The van der Waals surface area contributed by atoms with Gasteiger partial charge in [-0.15, -0.1) is 0 Å². The van der Waals surface area contributed by atoms with Crippen molar-refractivity contribution >= 4 is 5.91 Å². The van der Waals surface area contributed by atoms with Crippen molar-refractivity contribution in [3.05, 3.63) is 30.1 Å². The molecule has 0 saturated carbocycles. The molecule has 2 heterocycles. The summed E-state index contributed by atoms with van der Waals surface area (Å²) in [6, 6.07) is 5.74. The maximum atomic E-state index is 11.8. The van der Waals surface area contributed by atoms with E-state index in [0.29, 0.717) is 18.9 Å². The average molecular weight is 247 g/mol. The molecule has 2 rings (SSSR count). The Hall–Kier alpha value is -1.42. The fourth-order valence-corrected chi connectivity index (χ4v) is 2.29. The second-order valence-electron chi connectivity index (χ2n) is 5.05. The summed E-state index contributed by atoms with van der Waals surface area (Å²) >= 11 is 0. The number of nitrogens with one attached hydrogen (secondary N) is 1. The fraction of sp³-hybridized carbons (Fsp3) is 0.571. The summed E-state index contributed by atoms with van der Waals surface area (Å²) in [6.45, 7) is 2.75. The van der Waals surface area contributed by atoms with Crippen LogP contribution in [0.4, 0.5) is 0 Å². The molecular formula is C14H21N3O. The number of nitrogens with zero attached hydrogens (tertiary/aromatic N) is 2. The van der Waals surface area contributed by atoms with Crippen LogP contribution >= 0.6 is 0 Å². The van der Waals surface area contributed by atoms with E-state index in [1.165, 1.54) is 0 Å². The highest BCUT2D eigenvalue weighted by Gasteiger charge is 2.19. The molecule has 1 aliphatic heterocycles. The number of pyridine rings is 1. The van der Waals surface area contributed by atoms with Crippen molar-refractivity contribution in [2.75, 3.05) is 20.1 Å². The smallest absolute Gasteiger partial charge is 0.220 e. The molecule has 0 aliphatic carbocycles. The van der Waals surface area contributed by atoms with Gasteiger partial charge in [-0.1, -0.05) is 6.07 Å². The van der Waals surface area contributed by atoms with Gasteiger partial charge in [-0.25, -0.2) is 0 Å². The van der Waals surface area contributed by atoms with E-state index >= 15 is 0 Å². The maximum absolute atomic E-state index is 11.8. The Morgan fingerprint density at radius 1 is 1.44 bits per heavy atom. The third kappa shape index (κ3) is 4.11. The van der Waals surface area contributed by atoms with Crippen molar-refractivity contribution in [2.24, 2.45) is 5.92 Å². The van der Waals surface area contributed by atoms with Crippen LogP contribution in [0.1, 0.15) is 25.0 Å². The van der Waals surface area contributed by atoms with E-state index < -0.39 is 0 Å². The van der Waals surface area contributed by atoms with Gasteiger partial charge in [0.05, 0.1) is 12.2 Å². The van der Waals surface area contributed by atoms with Crippen LogP contribution in [0.2, 0.25) is 0 Å². The summed E-state index contributed by atoms with van der Waals surface area (Å²) in [6.07, 6.45) is 4.67. The molecular weight excluding hydrogens is 226 g/mol. The van der Waals surface area contributed by atoms with Gasteiger partial charge in [-0.05, 0) is 51.0 Å². The first-order valence-electron chi connectivity index (χ1n) is 6.59. The highest BCUT2D eigenvalue weighted by atomic mass is 16.1. The molecule has 0 spiro atoms. The third-order valence-corrected chi connectivity index (χ3v) is 3.51. The number of amides is 1. The zero-order valence-electron chi connectivity index (χ0n) is 10.9. The number of likely N-dealkylation sites (tertiary alicyclic amines) is 1. The van der Waals surface area contributed by atoms with Crippen LogP contribution in [-0.4, -0.2) is 35.9 Å². The molecule has 0 radical (unpaired) electrons. The zero-order chi connectivity index (χ0) is 12.8. The summed E-state index contributed by atoms with van der Waals surface area (Å²) in [5.41, 5.74) is 0.911. The van der Waals surface area contributed by atoms with Crippen molar-refractivity contribution in [1.29, 1.82) is 0 Å². The number of carbonyl (C=O) groups excluding carboxylic acids is 1. The fourth-order valence-electron chi connectivity index (χ4n) is 2.29. The van der Waals surface area contributed by atoms with Crippen molar-refractivity contribution < 1.29 is 4.79 Å². The number of piperidine rings is 1. The Kier molecular flexibility index (Phi) is 4.70. The molecule has 98 valence electrons. The first kappa shape index (κ1) is 13.0. The second kappa shape index (κ2) is 6.50. The minimum atomic E-state index is 0.148. The number of carbonyl (C=O) groups is 1. The molecule has 0 unspecified atom stereocenters. The van der Waals surface area contributed by atoms with Crippen molar-refractivity contribution in [3.63, 3.8) is 0 Å². The van der Waals surface area contributed by atoms with Gasteiger partial charge in [0.25, 0.3) is 0 Å². The maximum Gasteiger partial charge on any atom is 0.220 e. The standard InChI is InChI=1S/C14H21N3O/c1-17-8-5-12(6-9-17)10-14(18)16-11-13-4-2-3-7-15-13/h2-4,7,12H,5-6,8-11H2,1H3,(H,16,18). The van der Waals surface area contributed by atoms with Crippen LogP contribution in [0.5, 0.6) is 0 Å². The molecule has 0 aromatic carbocycles. The molecule has 0 atom stereocenters. The van der Waals surface area contributed by atoms with Crippen molar-refractivity contribution in [3.8, 4) is 0 Å². The van der Waals surface area contributed by atoms with E-state index in [9.17, 15) is 4.79 Å². The minimum Gasteiger partial charge on any atom is -0.350 e. The van der Waals surface area contributed by atoms with E-state index in [-0.39, 0.29) is 5.91 Å². The Morgan fingerprint density at radius 2 is 2.22 bits per heavy atom. The highest BCUT2D eigenvalue weighted by Crippen LogP contribution is 2.19. The van der Waals surface area contributed by atoms with Gasteiger partial charge in [-0.2, -0.15) is 0 Å². The van der Waals surface area contributed by atoms with Crippen LogP contribution < -0.4 is 5.32 Å². The van der Waals surface area contributed by atoms with Gasteiger partial charge in [0.15, 0.2) is 0 Å². The van der Waals surface area contributed by atoms with Gasteiger partial charge >= 0.3 is 0 Å². The lowest BCUT2D eigenvalue weighted by atomic mass is 9.93. The summed E-state index contributed by atoms with van der Waals surface area (Å²) in [5.74, 6) is 0.695. The quantitative estimate of drug-likeness (QED) is 0.875. The average Bonchev–Trinajstić information content (AvgIpc) is 2.40. The van der Waals surface area contributed by atoms with E-state index in [2.05, 4.69) is 22.2 Å². The molecule has 1 amide bonds. The number of aromatic nitrogens is 1. The van der Waals surface area contributed by atoms with Crippen LogP contribution in [0.15, 0.2) is 24.4 Å². The first-order valence-corrected chi connectivity index (χ1v) is 6.59. The van der Waals surface area contributed by atoms with E-state index in [4.69, 9.17) is 0 Å². The van der Waals surface area contributed by atoms with E-state index in [1.54, 1.807) is 6.20 Å². The third-order valence-electron chi connectivity index (χ3n) is 3.51. The van der Waals surface area contributed by atoms with Gasteiger partial charge in [0.2, 0.25) is 5.91 Å². The number of hydrogen-bond acceptors (Lipinski definition) is 3. The topological polar surface area (TPSA) is 45.2 Å². The molecule has 1 aliphatic rings. The van der Waals surface area contributed by atoms with Gasteiger partial charge in [0, 0.05) is 12.6 Å². The highest BCUT2D eigenvalue weighted by molar-refractivity contribution is 5.76. The summed E-state index contributed by atoms with van der Waals surface area (Å²) in [4.78, 5) is 18.3. The molecule has 1 fully saturated rings. The van der Waals surface area contributed by atoms with Crippen LogP contribution in [0, 0.1) is 5.92 Å². The summed E-state index contributed by atoms with van der Waals surface area (Å²) < 4.78 is 0. The molecule has 18 heavy (non-hydrogen) atoms. The van der Waals surface area contributed by atoms with Gasteiger partial charge in [-0.3, -0.25) is 9.78 Å². The van der Waals surface area contributed by atoms with Crippen LogP contribution in [-0.2, 0) is 11.3 Å². The lowest BCUT2D eigenvalue weighted by Crippen LogP contribution is -2.33. The first-order chi connectivity index (χ1) is 8.74. The minimum absolute atomic E-state index is 0.148.